The van der Waals surface area contributed by atoms with Gasteiger partial charge in [-0.3, -0.25) is 9.59 Å². The molecule has 0 aromatic heterocycles. The lowest BCUT2D eigenvalue weighted by atomic mass is 9.96. The maximum Gasteiger partial charge on any atom is 0.243 e. The van der Waals surface area contributed by atoms with E-state index < -0.39 is 21.8 Å². The summed E-state index contributed by atoms with van der Waals surface area (Å²) in [4.78, 5) is 26.0. The number of rotatable bonds is 6. The normalized spacial score (nSPS) is 15.1. The number of hydrogen-bond donors (Lipinski definition) is 1. The third kappa shape index (κ3) is 5.19. The van der Waals surface area contributed by atoms with Crippen LogP contribution in [0.4, 0.5) is 10.1 Å². The SMILES string of the molecule is O=C(c1ccccc1)c1cc(Cl)ccc1NC(=O)C1CCN(S(=O)(=O)c2ccc(F)cc2)CC1. The molecule has 0 spiro atoms. The summed E-state index contributed by atoms with van der Waals surface area (Å²) in [5, 5.41) is 3.19. The van der Waals surface area contributed by atoms with Gasteiger partial charge in [0, 0.05) is 35.2 Å². The van der Waals surface area contributed by atoms with Gasteiger partial charge in [-0.1, -0.05) is 41.9 Å². The topological polar surface area (TPSA) is 83.6 Å². The van der Waals surface area contributed by atoms with Crippen LogP contribution < -0.4 is 5.32 Å². The van der Waals surface area contributed by atoms with Crippen molar-refractivity contribution in [2.45, 2.75) is 17.7 Å². The molecule has 176 valence electrons. The van der Waals surface area contributed by atoms with Crippen LogP contribution in [-0.4, -0.2) is 37.5 Å². The van der Waals surface area contributed by atoms with Crippen LogP contribution in [0.15, 0.2) is 77.7 Å². The second-order valence-electron chi connectivity index (χ2n) is 8.01. The largest absolute Gasteiger partial charge is 0.325 e. The summed E-state index contributed by atoms with van der Waals surface area (Å²) in [5.41, 5.74) is 1.10. The summed E-state index contributed by atoms with van der Waals surface area (Å²) in [5.74, 6) is -1.49. The number of ketones is 1. The molecule has 0 radical (unpaired) electrons. The standard InChI is InChI=1S/C25H22ClFN2O4S/c26-19-6-11-23(22(16-19)24(30)17-4-2-1-3-5-17)28-25(31)18-12-14-29(15-13-18)34(32,33)21-9-7-20(27)8-10-21/h1-11,16,18H,12-15H2,(H,28,31). The first-order chi connectivity index (χ1) is 16.3. The van der Waals surface area contributed by atoms with Gasteiger partial charge in [0.1, 0.15) is 5.82 Å². The van der Waals surface area contributed by atoms with Crippen molar-refractivity contribution in [3.05, 3.63) is 94.8 Å². The minimum atomic E-state index is -3.76. The maximum absolute atomic E-state index is 13.2. The molecule has 1 heterocycles. The lowest BCUT2D eigenvalue weighted by Crippen LogP contribution is -2.41. The van der Waals surface area contributed by atoms with Crippen LogP contribution in [0, 0.1) is 11.7 Å². The number of amides is 1. The number of benzene rings is 3. The van der Waals surface area contributed by atoms with Gasteiger partial charge in [0.15, 0.2) is 5.78 Å². The van der Waals surface area contributed by atoms with E-state index >= 15 is 0 Å². The Kier molecular flexibility index (Phi) is 7.11. The van der Waals surface area contributed by atoms with Gasteiger partial charge < -0.3 is 5.32 Å². The summed E-state index contributed by atoms with van der Waals surface area (Å²) >= 11 is 6.10. The van der Waals surface area contributed by atoms with E-state index in [0.717, 1.165) is 12.1 Å². The predicted molar refractivity (Wildman–Crippen MR) is 128 cm³/mol. The van der Waals surface area contributed by atoms with Crippen molar-refractivity contribution in [2.75, 3.05) is 18.4 Å². The fourth-order valence-corrected chi connectivity index (χ4v) is 5.55. The molecule has 6 nitrogen and oxygen atoms in total. The highest BCUT2D eigenvalue weighted by atomic mass is 35.5. The van der Waals surface area contributed by atoms with Crippen LogP contribution in [0.2, 0.25) is 5.02 Å². The van der Waals surface area contributed by atoms with Crippen molar-refractivity contribution < 1.29 is 22.4 Å². The fourth-order valence-electron chi connectivity index (χ4n) is 3.91. The average molecular weight is 501 g/mol. The number of halogens is 2. The zero-order chi connectivity index (χ0) is 24.3. The Morgan fingerprint density at radius 3 is 2.24 bits per heavy atom. The maximum atomic E-state index is 13.2. The van der Waals surface area contributed by atoms with Crippen LogP contribution >= 0.6 is 11.6 Å². The molecule has 1 aliphatic rings. The Balaban J connectivity index is 1.45. The van der Waals surface area contributed by atoms with Gasteiger partial charge in [0.25, 0.3) is 0 Å². The number of sulfonamides is 1. The Morgan fingerprint density at radius 2 is 1.59 bits per heavy atom. The summed E-state index contributed by atoms with van der Waals surface area (Å²) in [6, 6.07) is 18.1. The molecule has 0 aliphatic carbocycles. The highest BCUT2D eigenvalue weighted by molar-refractivity contribution is 7.89. The second-order valence-corrected chi connectivity index (χ2v) is 10.4. The van der Waals surface area contributed by atoms with E-state index in [1.54, 1.807) is 42.5 Å². The molecule has 3 aromatic carbocycles. The van der Waals surface area contributed by atoms with E-state index in [0.29, 0.717) is 29.1 Å². The molecule has 1 amide bonds. The smallest absolute Gasteiger partial charge is 0.243 e. The Hall–Kier alpha value is -3.07. The monoisotopic (exact) mass is 500 g/mol. The van der Waals surface area contributed by atoms with Gasteiger partial charge >= 0.3 is 0 Å². The average Bonchev–Trinajstić information content (AvgIpc) is 2.85. The van der Waals surface area contributed by atoms with Crippen molar-refractivity contribution in [2.24, 2.45) is 5.92 Å². The van der Waals surface area contributed by atoms with Gasteiger partial charge in [-0.15, -0.1) is 0 Å². The Morgan fingerprint density at radius 1 is 0.941 bits per heavy atom. The summed E-state index contributed by atoms with van der Waals surface area (Å²) < 4.78 is 40.1. The summed E-state index contributed by atoms with van der Waals surface area (Å²) in [6.07, 6.45) is 0.642. The third-order valence-electron chi connectivity index (χ3n) is 5.80. The second kappa shape index (κ2) is 10.0. The zero-order valence-corrected chi connectivity index (χ0v) is 19.7. The molecular formula is C25H22ClFN2O4S. The number of hydrogen-bond acceptors (Lipinski definition) is 4. The van der Waals surface area contributed by atoms with Gasteiger partial charge in [0.05, 0.1) is 10.6 Å². The van der Waals surface area contributed by atoms with E-state index in [-0.39, 0.29) is 35.2 Å². The zero-order valence-electron chi connectivity index (χ0n) is 18.1. The van der Waals surface area contributed by atoms with Gasteiger partial charge in [-0.05, 0) is 55.3 Å². The number of nitrogens with zero attached hydrogens (tertiary/aromatic N) is 1. The Labute approximate surface area is 202 Å². The Bertz CT molecular complexity index is 1310. The van der Waals surface area contributed by atoms with E-state index in [4.69, 9.17) is 11.6 Å². The van der Waals surface area contributed by atoms with E-state index in [9.17, 15) is 22.4 Å². The van der Waals surface area contributed by atoms with E-state index in [1.165, 1.54) is 22.5 Å². The molecule has 0 unspecified atom stereocenters. The first-order valence-electron chi connectivity index (χ1n) is 10.7. The number of carbonyl (C=O) groups is 2. The van der Waals surface area contributed by atoms with Crippen LogP contribution in [0.1, 0.15) is 28.8 Å². The first kappa shape index (κ1) is 24.1. The molecule has 9 heteroatoms. The molecule has 1 saturated heterocycles. The molecule has 34 heavy (non-hydrogen) atoms. The van der Waals surface area contributed by atoms with Gasteiger partial charge in [0.2, 0.25) is 15.9 Å². The van der Waals surface area contributed by atoms with Gasteiger partial charge in [-0.2, -0.15) is 4.31 Å². The summed E-state index contributed by atoms with van der Waals surface area (Å²) in [6.45, 7) is 0.322. The van der Waals surface area contributed by atoms with E-state index in [2.05, 4.69) is 5.32 Å². The molecule has 1 fully saturated rings. The number of anilines is 1. The van der Waals surface area contributed by atoms with Crippen LogP contribution in [-0.2, 0) is 14.8 Å². The quantitative estimate of drug-likeness (QED) is 0.495. The number of nitrogens with one attached hydrogen (secondary N) is 1. The van der Waals surface area contributed by atoms with Crippen molar-refractivity contribution >= 4 is 39.0 Å². The lowest BCUT2D eigenvalue weighted by molar-refractivity contribution is -0.120. The highest BCUT2D eigenvalue weighted by Gasteiger charge is 2.32. The van der Waals surface area contributed by atoms with Crippen LogP contribution in [0.3, 0.4) is 0 Å². The van der Waals surface area contributed by atoms with Crippen molar-refractivity contribution in [1.82, 2.24) is 4.31 Å². The fraction of sp³-hybridized carbons (Fsp3) is 0.200. The molecule has 1 aliphatic heterocycles. The van der Waals surface area contributed by atoms with Crippen molar-refractivity contribution in [3.8, 4) is 0 Å². The predicted octanol–water partition coefficient (Wildman–Crippen LogP) is 4.75. The summed E-state index contributed by atoms with van der Waals surface area (Å²) in [7, 11) is -3.76. The molecule has 0 saturated carbocycles. The number of piperidine rings is 1. The van der Waals surface area contributed by atoms with Crippen molar-refractivity contribution in [3.63, 3.8) is 0 Å². The molecule has 1 N–H and O–H groups in total. The van der Waals surface area contributed by atoms with Crippen LogP contribution in [0.25, 0.3) is 0 Å². The molecule has 0 bridgehead atoms. The van der Waals surface area contributed by atoms with Crippen molar-refractivity contribution in [1.29, 1.82) is 0 Å². The third-order valence-corrected chi connectivity index (χ3v) is 7.94. The molecule has 3 aromatic rings. The molecule has 4 rings (SSSR count). The lowest BCUT2D eigenvalue weighted by Gasteiger charge is -2.30. The molecule has 0 atom stereocenters. The van der Waals surface area contributed by atoms with E-state index in [1.807, 2.05) is 0 Å². The highest BCUT2D eigenvalue weighted by Crippen LogP contribution is 2.28. The molecular weight excluding hydrogens is 479 g/mol. The minimum Gasteiger partial charge on any atom is -0.325 e. The number of carbonyl (C=O) groups excluding carboxylic acids is 2. The van der Waals surface area contributed by atoms with Gasteiger partial charge in [-0.25, -0.2) is 12.8 Å². The first-order valence-corrected chi connectivity index (χ1v) is 12.5. The minimum absolute atomic E-state index is 0.0158. The van der Waals surface area contributed by atoms with Crippen LogP contribution in [0.5, 0.6) is 0 Å².